The van der Waals surface area contributed by atoms with Gasteiger partial charge in [-0.3, -0.25) is 14.4 Å². The highest BCUT2D eigenvalue weighted by atomic mass is 79.9. The lowest BCUT2D eigenvalue weighted by atomic mass is 9.98. The van der Waals surface area contributed by atoms with E-state index in [0.717, 1.165) is 10.0 Å². The second-order valence-electron chi connectivity index (χ2n) is 7.54. The van der Waals surface area contributed by atoms with Crippen LogP contribution >= 0.6 is 15.9 Å². The highest BCUT2D eigenvalue weighted by Crippen LogP contribution is 2.32. The van der Waals surface area contributed by atoms with Crippen molar-refractivity contribution in [3.05, 3.63) is 81.8 Å². The smallest absolute Gasteiger partial charge is 0.303 e. The van der Waals surface area contributed by atoms with Crippen molar-refractivity contribution < 1.29 is 24.2 Å². The second-order valence-corrected chi connectivity index (χ2v) is 8.46. The van der Waals surface area contributed by atoms with Crippen LogP contribution < -0.4 is 15.4 Å². The minimum Gasteiger partial charge on any atom is -0.493 e. The van der Waals surface area contributed by atoms with Gasteiger partial charge in [0, 0.05) is 28.2 Å². The van der Waals surface area contributed by atoms with E-state index in [1.54, 1.807) is 36.4 Å². The largest absolute Gasteiger partial charge is 0.493 e. The number of hydrogen-bond acceptors (Lipinski definition) is 5. The number of aryl methyl sites for hydroxylation is 1. The molecule has 0 bridgehead atoms. The highest BCUT2D eigenvalue weighted by molar-refractivity contribution is 9.10. The first-order valence-corrected chi connectivity index (χ1v) is 11.5. The highest BCUT2D eigenvalue weighted by Gasteiger charge is 2.18. The number of halogens is 1. The number of carboxylic acids is 1. The minimum absolute atomic E-state index is 0.122. The van der Waals surface area contributed by atoms with Crippen molar-refractivity contribution in [2.24, 2.45) is 0 Å². The van der Waals surface area contributed by atoms with Crippen LogP contribution in [0.2, 0.25) is 0 Å². The summed E-state index contributed by atoms with van der Waals surface area (Å²) in [7, 11) is 0. The summed E-state index contributed by atoms with van der Waals surface area (Å²) >= 11 is 3.39. The second kappa shape index (κ2) is 11.5. The van der Waals surface area contributed by atoms with Crippen LogP contribution in [0.5, 0.6) is 5.75 Å². The first kappa shape index (κ1) is 25.0. The maximum absolute atomic E-state index is 13.2. The molecular formula is C26H25BrN2O5. The molecule has 0 saturated heterocycles. The predicted molar refractivity (Wildman–Crippen MR) is 135 cm³/mol. The van der Waals surface area contributed by atoms with E-state index in [9.17, 15) is 14.4 Å². The molecule has 0 aromatic heterocycles. The number of aliphatic carboxylic acids is 1. The van der Waals surface area contributed by atoms with Gasteiger partial charge < -0.3 is 20.5 Å². The summed E-state index contributed by atoms with van der Waals surface area (Å²) in [6.07, 6.45) is -0.387. The lowest BCUT2D eigenvalue weighted by molar-refractivity contribution is -0.138. The van der Waals surface area contributed by atoms with Gasteiger partial charge in [-0.2, -0.15) is 0 Å². The van der Waals surface area contributed by atoms with Gasteiger partial charge in [0.1, 0.15) is 5.75 Å². The lowest BCUT2D eigenvalue weighted by Crippen LogP contribution is -2.14. The van der Waals surface area contributed by atoms with Gasteiger partial charge in [0.15, 0.2) is 5.78 Å². The number of ether oxygens (including phenoxy) is 1. The van der Waals surface area contributed by atoms with Crippen molar-refractivity contribution in [1.82, 2.24) is 0 Å². The Hall–Kier alpha value is -3.65. The zero-order chi connectivity index (χ0) is 24.7. The van der Waals surface area contributed by atoms with E-state index in [4.69, 9.17) is 9.84 Å². The van der Waals surface area contributed by atoms with Gasteiger partial charge in [0.05, 0.1) is 30.0 Å². The van der Waals surface area contributed by atoms with Gasteiger partial charge in [-0.15, -0.1) is 0 Å². The fourth-order valence-electron chi connectivity index (χ4n) is 3.35. The predicted octanol–water partition coefficient (Wildman–Crippen LogP) is 5.93. The van der Waals surface area contributed by atoms with Crippen LogP contribution in [0.15, 0.2) is 65.1 Å². The summed E-state index contributed by atoms with van der Waals surface area (Å²) in [5, 5.41) is 14.8. The number of carbonyl (C=O) groups is 3. The molecule has 0 unspecified atom stereocenters. The molecular weight excluding hydrogens is 500 g/mol. The quantitative estimate of drug-likeness (QED) is 0.283. The van der Waals surface area contributed by atoms with E-state index in [-0.39, 0.29) is 18.6 Å². The molecule has 1 amide bonds. The van der Waals surface area contributed by atoms with Crippen LogP contribution in [0.1, 0.15) is 41.3 Å². The van der Waals surface area contributed by atoms with Crippen molar-refractivity contribution in [1.29, 1.82) is 0 Å². The number of carbonyl (C=O) groups excluding carboxylic acids is 2. The Morgan fingerprint density at radius 1 is 0.941 bits per heavy atom. The number of carboxylic acid groups (broad SMARTS) is 1. The van der Waals surface area contributed by atoms with Gasteiger partial charge in [-0.1, -0.05) is 40.2 Å². The fourth-order valence-corrected chi connectivity index (χ4v) is 3.71. The number of benzene rings is 3. The van der Waals surface area contributed by atoms with Crippen molar-refractivity contribution >= 4 is 50.7 Å². The van der Waals surface area contributed by atoms with E-state index >= 15 is 0 Å². The summed E-state index contributed by atoms with van der Waals surface area (Å²) in [6, 6.07) is 17.9. The average Bonchev–Trinajstić information content (AvgIpc) is 2.80. The Balaban J connectivity index is 1.88. The molecule has 0 spiro atoms. The molecule has 3 aromatic carbocycles. The van der Waals surface area contributed by atoms with E-state index < -0.39 is 11.9 Å². The fraction of sp³-hybridized carbons (Fsp3) is 0.192. The van der Waals surface area contributed by atoms with E-state index in [1.165, 1.54) is 0 Å². The maximum Gasteiger partial charge on any atom is 0.303 e. The molecule has 34 heavy (non-hydrogen) atoms. The van der Waals surface area contributed by atoms with Gasteiger partial charge in [-0.05, 0) is 49.7 Å². The molecule has 7 nitrogen and oxygen atoms in total. The minimum atomic E-state index is -1.04. The molecule has 0 radical (unpaired) electrons. The topological polar surface area (TPSA) is 105 Å². The molecule has 0 aliphatic rings. The Bertz CT molecular complexity index is 1230. The first-order chi connectivity index (χ1) is 16.3. The number of amides is 1. The Labute approximate surface area is 206 Å². The molecule has 0 fully saturated rings. The number of nitrogens with one attached hydrogen (secondary N) is 2. The Kier molecular flexibility index (Phi) is 8.43. The normalized spacial score (nSPS) is 10.4. The monoisotopic (exact) mass is 524 g/mol. The summed E-state index contributed by atoms with van der Waals surface area (Å²) in [5.41, 5.74) is 3.71. The van der Waals surface area contributed by atoms with Crippen molar-refractivity contribution in [3.63, 3.8) is 0 Å². The zero-order valence-corrected chi connectivity index (χ0v) is 20.4. The van der Waals surface area contributed by atoms with Crippen molar-refractivity contribution in [2.75, 3.05) is 17.2 Å². The lowest BCUT2D eigenvalue weighted by Gasteiger charge is -2.16. The average molecular weight is 525 g/mol. The molecule has 176 valence electrons. The maximum atomic E-state index is 13.2. The van der Waals surface area contributed by atoms with Crippen LogP contribution in [-0.2, 0) is 9.59 Å². The Morgan fingerprint density at radius 3 is 2.41 bits per heavy atom. The van der Waals surface area contributed by atoms with Gasteiger partial charge in [-0.25, -0.2) is 0 Å². The SMILES string of the molecule is CCOc1cc(Nc2ccc(Br)cc2NC(=O)CCC(=O)O)ccc1C(=O)c1ccccc1C. The van der Waals surface area contributed by atoms with Crippen LogP contribution in [0.25, 0.3) is 0 Å². The Morgan fingerprint density at radius 2 is 1.71 bits per heavy atom. The molecule has 0 atom stereocenters. The number of rotatable bonds is 10. The summed E-state index contributed by atoms with van der Waals surface area (Å²) in [6.45, 7) is 4.13. The molecule has 0 heterocycles. The van der Waals surface area contributed by atoms with Crippen LogP contribution in [-0.4, -0.2) is 29.4 Å². The number of hydrogen-bond donors (Lipinski definition) is 3. The third-order valence-electron chi connectivity index (χ3n) is 5.02. The third kappa shape index (κ3) is 6.45. The summed E-state index contributed by atoms with van der Waals surface area (Å²) in [5.74, 6) is -1.11. The zero-order valence-electron chi connectivity index (χ0n) is 18.9. The van der Waals surface area contributed by atoms with E-state index in [1.807, 2.05) is 38.1 Å². The molecule has 0 saturated carbocycles. The molecule has 0 aliphatic carbocycles. The van der Waals surface area contributed by atoms with Gasteiger partial charge in [0.2, 0.25) is 5.91 Å². The standard InChI is InChI=1S/C26H25BrN2O5/c1-3-34-23-15-18(9-10-20(23)26(33)19-7-5-4-6-16(19)2)28-21-11-8-17(27)14-22(21)29-24(30)12-13-25(31)32/h4-11,14-15,28H,3,12-13H2,1-2H3,(H,29,30)(H,31,32). The molecule has 3 N–H and O–H groups in total. The van der Waals surface area contributed by atoms with Crippen molar-refractivity contribution in [3.8, 4) is 5.75 Å². The van der Waals surface area contributed by atoms with Crippen LogP contribution in [0.4, 0.5) is 17.1 Å². The third-order valence-corrected chi connectivity index (χ3v) is 5.51. The molecule has 8 heteroatoms. The first-order valence-electron chi connectivity index (χ1n) is 10.7. The van der Waals surface area contributed by atoms with Crippen molar-refractivity contribution in [2.45, 2.75) is 26.7 Å². The van der Waals surface area contributed by atoms with E-state index in [2.05, 4.69) is 26.6 Å². The van der Waals surface area contributed by atoms with Gasteiger partial charge in [0.25, 0.3) is 0 Å². The summed E-state index contributed by atoms with van der Waals surface area (Å²) in [4.78, 5) is 36.1. The number of ketones is 1. The number of anilines is 3. The van der Waals surface area contributed by atoms with Gasteiger partial charge >= 0.3 is 5.97 Å². The summed E-state index contributed by atoms with van der Waals surface area (Å²) < 4.78 is 6.52. The van der Waals surface area contributed by atoms with Crippen LogP contribution in [0.3, 0.4) is 0 Å². The van der Waals surface area contributed by atoms with Crippen LogP contribution in [0, 0.1) is 6.92 Å². The molecule has 3 aromatic rings. The van der Waals surface area contributed by atoms with E-state index in [0.29, 0.717) is 40.5 Å². The molecule has 0 aliphatic heterocycles. The molecule has 3 rings (SSSR count).